The minimum atomic E-state index is -3.45. The molecule has 2 N–H and O–H groups in total. The molecule has 7 nitrogen and oxygen atoms in total. The number of halogens is 2. The van der Waals surface area contributed by atoms with Gasteiger partial charge in [0, 0.05) is 22.4 Å². The molecule has 0 fully saturated rings. The van der Waals surface area contributed by atoms with Gasteiger partial charge in [-0.3, -0.25) is 9.52 Å². The van der Waals surface area contributed by atoms with E-state index in [0.29, 0.717) is 22.9 Å². The number of amides is 1. The molecule has 0 aliphatic heterocycles. The highest BCUT2D eigenvalue weighted by atomic mass is 79.9. The van der Waals surface area contributed by atoms with Gasteiger partial charge in [0.15, 0.2) is 0 Å². The van der Waals surface area contributed by atoms with Crippen molar-refractivity contribution in [3.63, 3.8) is 0 Å². The summed E-state index contributed by atoms with van der Waals surface area (Å²) in [5, 5.41) is 2.83. The van der Waals surface area contributed by atoms with Gasteiger partial charge < -0.3 is 10.1 Å². The Morgan fingerprint density at radius 1 is 1.14 bits per heavy atom. The summed E-state index contributed by atoms with van der Waals surface area (Å²) in [5.74, 6) is 0.562. The molecule has 0 bridgehead atoms. The van der Waals surface area contributed by atoms with Gasteiger partial charge in [0.25, 0.3) is 5.91 Å². The van der Waals surface area contributed by atoms with Crippen molar-refractivity contribution in [3.8, 4) is 11.6 Å². The fourth-order valence-corrected chi connectivity index (χ4v) is 3.54. The third kappa shape index (κ3) is 6.18. The molecule has 1 aromatic heterocycles. The van der Waals surface area contributed by atoms with Crippen molar-refractivity contribution in [1.82, 2.24) is 4.98 Å². The molecular weight excluding hydrogens is 482 g/mol. The van der Waals surface area contributed by atoms with Gasteiger partial charge in [-0.25, -0.2) is 13.4 Å². The average molecular weight is 497 g/mol. The van der Waals surface area contributed by atoms with E-state index in [1.54, 1.807) is 24.3 Å². The Bertz CT molecular complexity index is 1150. The minimum Gasteiger partial charge on any atom is -0.439 e. The average Bonchev–Trinajstić information content (AvgIpc) is 2.64. The molecule has 0 saturated heterocycles. The van der Waals surface area contributed by atoms with Crippen LogP contribution in [0, 0.1) is 0 Å². The molecule has 3 rings (SSSR count). The van der Waals surface area contributed by atoms with Gasteiger partial charge in [0.05, 0.1) is 22.5 Å². The van der Waals surface area contributed by atoms with Gasteiger partial charge in [0.1, 0.15) is 5.75 Å². The molecule has 0 aliphatic carbocycles. The van der Waals surface area contributed by atoms with E-state index in [4.69, 9.17) is 16.3 Å². The number of nitrogens with zero attached hydrogens (tertiary/aromatic N) is 1. The number of sulfonamides is 1. The van der Waals surface area contributed by atoms with Gasteiger partial charge in [0.2, 0.25) is 15.9 Å². The summed E-state index contributed by atoms with van der Waals surface area (Å²) in [7, 11) is -3.45. The van der Waals surface area contributed by atoms with Crippen LogP contribution in [0.3, 0.4) is 0 Å². The molecule has 0 atom stereocenters. The van der Waals surface area contributed by atoms with Gasteiger partial charge in [-0.15, -0.1) is 0 Å². The standard InChI is InChI=1S/C19H15BrClN3O4S/c1-29(26,27)24-17-7-6-14(10-16(17)21)23-19(25)12-5-8-18(22-11-12)28-15-4-2-3-13(20)9-15/h2-11,24H,1H3,(H,23,25). The van der Waals surface area contributed by atoms with Crippen LogP contribution in [0.2, 0.25) is 5.02 Å². The number of hydrogen-bond acceptors (Lipinski definition) is 5. The maximum Gasteiger partial charge on any atom is 0.257 e. The van der Waals surface area contributed by atoms with E-state index in [-0.39, 0.29) is 10.7 Å². The van der Waals surface area contributed by atoms with Gasteiger partial charge in [-0.1, -0.05) is 33.6 Å². The molecule has 2 aromatic carbocycles. The molecule has 10 heteroatoms. The number of anilines is 2. The number of nitrogens with one attached hydrogen (secondary N) is 2. The molecule has 1 heterocycles. The predicted molar refractivity (Wildman–Crippen MR) is 116 cm³/mol. The molecule has 1 amide bonds. The fourth-order valence-electron chi connectivity index (χ4n) is 2.30. The number of pyridine rings is 1. The number of benzene rings is 2. The van der Waals surface area contributed by atoms with E-state index < -0.39 is 15.9 Å². The van der Waals surface area contributed by atoms with Gasteiger partial charge in [-0.2, -0.15) is 0 Å². The lowest BCUT2D eigenvalue weighted by atomic mass is 10.2. The van der Waals surface area contributed by atoms with Crippen LogP contribution in [-0.2, 0) is 10.0 Å². The normalized spacial score (nSPS) is 11.0. The first-order valence-electron chi connectivity index (χ1n) is 8.18. The van der Waals surface area contributed by atoms with Crippen molar-refractivity contribution in [2.75, 3.05) is 16.3 Å². The minimum absolute atomic E-state index is 0.157. The zero-order chi connectivity index (χ0) is 21.0. The van der Waals surface area contributed by atoms with Crippen LogP contribution in [-0.4, -0.2) is 25.6 Å². The Morgan fingerprint density at radius 3 is 2.55 bits per heavy atom. The highest BCUT2D eigenvalue weighted by molar-refractivity contribution is 9.10. The van der Waals surface area contributed by atoms with E-state index in [1.807, 2.05) is 12.1 Å². The Hall–Kier alpha value is -2.62. The molecule has 150 valence electrons. The van der Waals surface area contributed by atoms with Crippen molar-refractivity contribution in [3.05, 3.63) is 75.9 Å². The summed E-state index contributed by atoms with van der Waals surface area (Å²) in [6.07, 6.45) is 2.42. The second-order valence-corrected chi connectivity index (χ2v) is 9.04. The van der Waals surface area contributed by atoms with Crippen LogP contribution in [0.15, 0.2) is 65.3 Å². The summed E-state index contributed by atoms with van der Waals surface area (Å²) in [6.45, 7) is 0. The zero-order valence-electron chi connectivity index (χ0n) is 15.0. The molecular formula is C19H15BrClN3O4S. The van der Waals surface area contributed by atoms with E-state index in [1.165, 1.54) is 24.4 Å². The summed E-state index contributed by atoms with van der Waals surface area (Å²) >= 11 is 9.43. The number of hydrogen-bond donors (Lipinski definition) is 2. The summed E-state index contributed by atoms with van der Waals surface area (Å²) in [5.41, 5.74) is 0.956. The van der Waals surface area contributed by atoms with E-state index in [0.717, 1.165) is 10.7 Å². The molecule has 0 aliphatic rings. The SMILES string of the molecule is CS(=O)(=O)Nc1ccc(NC(=O)c2ccc(Oc3cccc(Br)c3)nc2)cc1Cl. The van der Waals surface area contributed by atoms with Crippen molar-refractivity contribution in [1.29, 1.82) is 0 Å². The van der Waals surface area contributed by atoms with Crippen LogP contribution in [0.4, 0.5) is 11.4 Å². The smallest absolute Gasteiger partial charge is 0.257 e. The zero-order valence-corrected chi connectivity index (χ0v) is 18.2. The number of aromatic nitrogens is 1. The number of carbonyl (C=O) groups excluding carboxylic acids is 1. The molecule has 0 radical (unpaired) electrons. The Kier molecular flexibility index (Phi) is 6.41. The first-order valence-corrected chi connectivity index (χ1v) is 11.2. The van der Waals surface area contributed by atoms with Gasteiger partial charge in [-0.05, 0) is 42.5 Å². The largest absolute Gasteiger partial charge is 0.439 e. The third-order valence-corrected chi connectivity index (χ3v) is 4.94. The first kappa shape index (κ1) is 21.1. The lowest BCUT2D eigenvalue weighted by Gasteiger charge is -2.10. The second kappa shape index (κ2) is 8.81. The summed E-state index contributed by atoms with van der Waals surface area (Å²) in [6, 6.07) is 14.9. The lowest BCUT2D eigenvalue weighted by molar-refractivity contribution is 0.102. The maximum absolute atomic E-state index is 12.4. The molecule has 0 saturated carbocycles. The van der Waals surface area contributed by atoms with E-state index in [2.05, 4.69) is 31.0 Å². The predicted octanol–water partition coefficient (Wildman–Crippen LogP) is 4.91. The van der Waals surface area contributed by atoms with Crippen LogP contribution < -0.4 is 14.8 Å². The number of carbonyl (C=O) groups is 1. The van der Waals surface area contributed by atoms with Crippen molar-refractivity contribution in [2.45, 2.75) is 0 Å². The van der Waals surface area contributed by atoms with Crippen molar-refractivity contribution < 1.29 is 17.9 Å². The Balaban J connectivity index is 1.67. The van der Waals surface area contributed by atoms with Crippen LogP contribution in [0.5, 0.6) is 11.6 Å². The maximum atomic E-state index is 12.4. The second-order valence-electron chi connectivity index (χ2n) is 5.97. The first-order chi connectivity index (χ1) is 13.7. The molecule has 0 unspecified atom stereocenters. The quantitative estimate of drug-likeness (QED) is 0.505. The fraction of sp³-hybridized carbons (Fsp3) is 0.0526. The number of rotatable bonds is 6. The monoisotopic (exact) mass is 495 g/mol. The van der Waals surface area contributed by atoms with Crippen LogP contribution in [0.25, 0.3) is 0 Å². The topological polar surface area (TPSA) is 97.4 Å². The molecule has 29 heavy (non-hydrogen) atoms. The summed E-state index contributed by atoms with van der Waals surface area (Å²) in [4.78, 5) is 16.5. The molecule has 3 aromatic rings. The highest BCUT2D eigenvalue weighted by Gasteiger charge is 2.11. The van der Waals surface area contributed by atoms with Crippen molar-refractivity contribution in [2.24, 2.45) is 0 Å². The number of ether oxygens (including phenoxy) is 1. The van der Waals surface area contributed by atoms with E-state index >= 15 is 0 Å². The van der Waals surface area contributed by atoms with Gasteiger partial charge >= 0.3 is 0 Å². The highest BCUT2D eigenvalue weighted by Crippen LogP contribution is 2.27. The Labute approximate surface area is 181 Å². The summed E-state index contributed by atoms with van der Waals surface area (Å²) < 4.78 is 31.4. The lowest BCUT2D eigenvalue weighted by Crippen LogP contribution is -2.13. The van der Waals surface area contributed by atoms with Crippen molar-refractivity contribution >= 4 is 54.8 Å². The Morgan fingerprint density at radius 2 is 1.93 bits per heavy atom. The van der Waals surface area contributed by atoms with Crippen LogP contribution >= 0.6 is 27.5 Å². The third-order valence-electron chi connectivity index (χ3n) is 3.54. The van der Waals surface area contributed by atoms with Crippen LogP contribution in [0.1, 0.15) is 10.4 Å². The van der Waals surface area contributed by atoms with E-state index in [9.17, 15) is 13.2 Å². The molecule has 0 spiro atoms.